The minimum atomic E-state index is -4.64. The number of benzene rings is 1. The van der Waals surface area contributed by atoms with Crippen LogP contribution >= 0.6 is 42.8 Å². The van der Waals surface area contributed by atoms with E-state index in [0.717, 1.165) is 36.1 Å². The van der Waals surface area contributed by atoms with E-state index >= 15 is 0 Å². The fourth-order valence-corrected chi connectivity index (χ4v) is 5.41. The van der Waals surface area contributed by atoms with Gasteiger partial charge in [-0.25, -0.2) is 9.55 Å². The van der Waals surface area contributed by atoms with Crippen molar-refractivity contribution >= 4 is 48.8 Å². The number of aryl methyl sites for hydroxylation is 1. The number of ether oxygens (including phenoxy) is 2. The van der Waals surface area contributed by atoms with Crippen molar-refractivity contribution in [1.82, 2.24) is 15.0 Å². The highest BCUT2D eigenvalue weighted by atomic mass is 35.5. The van der Waals surface area contributed by atoms with Crippen molar-refractivity contribution in [3.63, 3.8) is 0 Å². The Bertz CT molecular complexity index is 1290. The van der Waals surface area contributed by atoms with Gasteiger partial charge in [0, 0.05) is 29.3 Å². The number of hydrogen-bond acceptors (Lipinski definition) is 9. The summed E-state index contributed by atoms with van der Waals surface area (Å²) in [5.41, 5.74) is 3.11. The lowest BCUT2D eigenvalue weighted by Crippen LogP contribution is -2.14. The molecule has 2 aromatic heterocycles. The third kappa shape index (κ3) is 7.32. The van der Waals surface area contributed by atoms with Gasteiger partial charge in [0.05, 0.1) is 22.2 Å². The monoisotopic (exact) mass is 571 g/mol. The van der Waals surface area contributed by atoms with E-state index in [2.05, 4.69) is 19.5 Å². The van der Waals surface area contributed by atoms with Gasteiger partial charge in [-0.2, -0.15) is 4.98 Å². The Morgan fingerprint density at radius 2 is 1.81 bits per heavy atom. The van der Waals surface area contributed by atoms with Crippen LogP contribution in [-0.4, -0.2) is 37.5 Å². The molecule has 190 valence electrons. The lowest BCUT2D eigenvalue weighted by atomic mass is 10.1. The van der Waals surface area contributed by atoms with Gasteiger partial charge in [-0.1, -0.05) is 47.1 Å². The van der Waals surface area contributed by atoms with Gasteiger partial charge in [-0.05, 0) is 37.0 Å². The molecule has 3 aromatic rings. The number of halogens is 2. The fourth-order valence-electron chi connectivity index (χ4n) is 3.45. The Balaban J connectivity index is 1.34. The number of thioether (sulfide) groups is 1. The molecule has 0 atom stereocenters. The van der Waals surface area contributed by atoms with Crippen LogP contribution in [0.25, 0.3) is 0 Å². The second-order valence-electron chi connectivity index (χ2n) is 7.64. The SMILES string of the molecule is O=C(Cc1ccc(OP(=O)(O)O)cc1)OCOc1nc(SCc2c(Cl)cncc2Cl)nc2c1CCC2. The number of fused-ring (bicyclic) bond motifs is 1. The number of esters is 1. The van der Waals surface area contributed by atoms with E-state index < -0.39 is 13.8 Å². The normalized spacial score (nSPS) is 12.8. The summed E-state index contributed by atoms with van der Waals surface area (Å²) in [4.78, 5) is 43.0. The van der Waals surface area contributed by atoms with Crippen LogP contribution in [0.15, 0.2) is 41.8 Å². The lowest BCUT2D eigenvalue weighted by molar-refractivity contribution is -0.149. The number of nitrogens with zero attached hydrogens (tertiary/aromatic N) is 3. The zero-order valence-corrected chi connectivity index (χ0v) is 21.8. The van der Waals surface area contributed by atoms with Crippen molar-refractivity contribution in [3.8, 4) is 11.6 Å². The molecular weight excluding hydrogens is 552 g/mol. The van der Waals surface area contributed by atoms with Gasteiger partial charge >= 0.3 is 13.8 Å². The second kappa shape index (κ2) is 11.8. The van der Waals surface area contributed by atoms with Crippen molar-refractivity contribution in [2.75, 3.05) is 6.79 Å². The molecule has 0 radical (unpaired) electrons. The Morgan fingerprint density at radius 1 is 1.08 bits per heavy atom. The number of pyridine rings is 1. The summed E-state index contributed by atoms with van der Waals surface area (Å²) in [5, 5.41) is 1.42. The zero-order valence-electron chi connectivity index (χ0n) is 18.6. The van der Waals surface area contributed by atoms with E-state index in [4.69, 9.17) is 42.5 Å². The number of aromatic nitrogens is 3. The van der Waals surface area contributed by atoms with E-state index in [9.17, 15) is 9.36 Å². The van der Waals surface area contributed by atoms with E-state index in [1.165, 1.54) is 48.4 Å². The zero-order chi connectivity index (χ0) is 25.7. The average molecular weight is 572 g/mol. The van der Waals surface area contributed by atoms with Gasteiger partial charge in [-0.3, -0.25) is 19.6 Å². The number of phosphoric ester groups is 1. The summed E-state index contributed by atoms with van der Waals surface area (Å²) in [6.45, 7) is -0.326. The fraction of sp³-hybridized carbons (Fsp3) is 0.273. The second-order valence-corrected chi connectivity index (χ2v) is 10.6. The summed E-state index contributed by atoms with van der Waals surface area (Å²) in [7, 11) is -4.64. The highest BCUT2D eigenvalue weighted by molar-refractivity contribution is 7.98. The molecule has 0 saturated heterocycles. The van der Waals surface area contributed by atoms with Gasteiger partial charge in [0.2, 0.25) is 12.7 Å². The molecule has 4 rings (SSSR count). The first-order valence-corrected chi connectivity index (χ1v) is 13.9. The standard InChI is InChI=1S/C22H20Cl2N3O7PS/c23-17-9-25-10-18(24)16(17)11-36-22-26-19-3-1-2-15(19)21(27-22)33-12-32-20(28)8-13-4-6-14(7-5-13)34-35(29,30)31/h4-7,9-10H,1-3,8,11-12H2,(H2,29,30,31). The molecule has 14 heteroatoms. The predicted molar refractivity (Wildman–Crippen MR) is 132 cm³/mol. The average Bonchev–Trinajstić information content (AvgIpc) is 3.28. The van der Waals surface area contributed by atoms with E-state index in [0.29, 0.717) is 32.4 Å². The van der Waals surface area contributed by atoms with Crippen LogP contribution in [0.4, 0.5) is 0 Å². The van der Waals surface area contributed by atoms with E-state index in [-0.39, 0.29) is 19.0 Å². The molecule has 0 bridgehead atoms. The molecule has 0 aliphatic heterocycles. The van der Waals surface area contributed by atoms with Crippen LogP contribution in [-0.2, 0) is 39.1 Å². The van der Waals surface area contributed by atoms with Crippen LogP contribution in [0.2, 0.25) is 10.0 Å². The maximum atomic E-state index is 12.2. The van der Waals surface area contributed by atoms with Crippen molar-refractivity contribution < 1.29 is 33.1 Å². The Hall–Kier alpha value is -2.40. The topological polar surface area (TPSA) is 141 Å². The first-order chi connectivity index (χ1) is 17.2. The quantitative estimate of drug-likeness (QED) is 0.116. The molecule has 10 nitrogen and oxygen atoms in total. The smallest absolute Gasteiger partial charge is 0.440 e. The molecule has 1 aliphatic rings. The van der Waals surface area contributed by atoms with Crippen molar-refractivity contribution in [2.24, 2.45) is 0 Å². The van der Waals surface area contributed by atoms with Crippen LogP contribution in [0.5, 0.6) is 11.6 Å². The van der Waals surface area contributed by atoms with Gasteiger partial charge in [0.1, 0.15) is 5.75 Å². The lowest BCUT2D eigenvalue weighted by Gasteiger charge is -2.12. The van der Waals surface area contributed by atoms with Gasteiger partial charge in [0.15, 0.2) is 5.16 Å². The highest BCUT2D eigenvalue weighted by Gasteiger charge is 2.22. The minimum Gasteiger partial charge on any atom is -0.440 e. The van der Waals surface area contributed by atoms with E-state index in [1.807, 2.05) is 0 Å². The van der Waals surface area contributed by atoms with Gasteiger partial charge in [-0.15, -0.1) is 0 Å². The summed E-state index contributed by atoms with van der Waals surface area (Å²) in [6.07, 6.45) is 5.50. The Morgan fingerprint density at radius 3 is 2.50 bits per heavy atom. The number of phosphoric acid groups is 1. The molecule has 0 spiro atoms. The van der Waals surface area contributed by atoms with Crippen molar-refractivity contribution in [2.45, 2.75) is 36.6 Å². The summed E-state index contributed by atoms with van der Waals surface area (Å²) in [5.74, 6) is 0.272. The molecular formula is C22H20Cl2N3O7PS. The molecule has 1 aromatic carbocycles. The first-order valence-electron chi connectivity index (χ1n) is 10.6. The predicted octanol–water partition coefficient (Wildman–Crippen LogP) is 4.55. The van der Waals surface area contributed by atoms with Crippen LogP contribution in [0.1, 0.15) is 28.8 Å². The number of rotatable bonds is 10. The number of hydrogen-bond donors (Lipinski definition) is 2. The maximum absolute atomic E-state index is 12.2. The van der Waals surface area contributed by atoms with Gasteiger partial charge < -0.3 is 14.0 Å². The van der Waals surface area contributed by atoms with Crippen LogP contribution < -0.4 is 9.26 Å². The molecule has 2 N–H and O–H groups in total. The molecule has 36 heavy (non-hydrogen) atoms. The van der Waals surface area contributed by atoms with Crippen molar-refractivity contribution in [3.05, 3.63) is 69.1 Å². The highest BCUT2D eigenvalue weighted by Crippen LogP contribution is 2.37. The van der Waals surface area contributed by atoms with Crippen LogP contribution in [0, 0.1) is 0 Å². The summed E-state index contributed by atoms with van der Waals surface area (Å²) >= 11 is 13.8. The van der Waals surface area contributed by atoms with Crippen molar-refractivity contribution in [1.29, 1.82) is 0 Å². The number of carbonyl (C=O) groups is 1. The van der Waals surface area contributed by atoms with E-state index in [1.54, 1.807) is 0 Å². The summed E-state index contributed by atoms with van der Waals surface area (Å²) in [6, 6.07) is 5.73. The Labute approximate surface area is 220 Å². The van der Waals surface area contributed by atoms with Gasteiger partial charge in [0.25, 0.3) is 0 Å². The Kier molecular flexibility index (Phi) is 8.71. The first kappa shape index (κ1) is 26.7. The molecule has 0 saturated carbocycles. The third-order valence-electron chi connectivity index (χ3n) is 5.08. The van der Waals surface area contributed by atoms with Crippen LogP contribution in [0.3, 0.4) is 0 Å². The largest absolute Gasteiger partial charge is 0.524 e. The molecule has 2 heterocycles. The molecule has 0 amide bonds. The minimum absolute atomic E-state index is 0.0106. The molecule has 0 unspecified atom stereocenters. The third-order valence-corrected chi connectivity index (χ3v) is 7.06. The summed E-state index contributed by atoms with van der Waals surface area (Å²) < 4.78 is 26.2. The molecule has 1 aliphatic carbocycles. The molecule has 0 fully saturated rings. The maximum Gasteiger partial charge on any atom is 0.524 e. The number of carbonyl (C=O) groups excluding carboxylic acids is 1.